The molecular weight excluding hydrogens is 400 g/mol. The lowest BCUT2D eigenvalue weighted by Crippen LogP contribution is -1.93. The lowest BCUT2D eigenvalue weighted by Gasteiger charge is -2.00. The topological polar surface area (TPSA) is 95.0 Å². The van der Waals surface area contributed by atoms with E-state index >= 15 is 0 Å². The summed E-state index contributed by atoms with van der Waals surface area (Å²) in [5, 5.41) is 15.9. The second-order valence-electron chi connectivity index (χ2n) is 5.62. The third-order valence-electron chi connectivity index (χ3n) is 3.86. The van der Waals surface area contributed by atoms with Gasteiger partial charge in [-0.15, -0.1) is 0 Å². The van der Waals surface area contributed by atoms with Gasteiger partial charge in [0.2, 0.25) is 0 Å². The molecule has 0 aliphatic heterocycles. The Bertz CT molecular complexity index is 1110. The molecule has 0 atom stereocenters. The first-order valence-electron chi connectivity index (χ1n) is 7.72. The molecule has 7 nitrogen and oxygen atoms in total. The fourth-order valence-corrected chi connectivity index (χ4v) is 2.88. The van der Waals surface area contributed by atoms with Crippen LogP contribution in [0.1, 0.15) is 11.4 Å². The summed E-state index contributed by atoms with van der Waals surface area (Å²) in [5.41, 5.74) is 1.69. The van der Waals surface area contributed by atoms with Crippen LogP contribution in [0.4, 0.5) is 5.69 Å². The number of non-ortho nitro benzene ring substituents is 1. The molecule has 0 N–H and O–H groups in total. The molecule has 0 amide bonds. The standard InChI is InChI=1S/C18H11BrN4O3/c19-13-7-4-11(5-8-13)10-16-21-18(26-22-16)14-9-6-12-2-1-3-15(23(24)25)17(12)20-14/h1-9H,10H2. The van der Waals surface area contributed by atoms with Crippen molar-refractivity contribution in [2.24, 2.45) is 0 Å². The zero-order chi connectivity index (χ0) is 18.1. The number of para-hydroxylation sites is 1. The molecule has 0 aliphatic carbocycles. The van der Waals surface area contributed by atoms with E-state index in [1.54, 1.807) is 24.3 Å². The SMILES string of the molecule is O=[N+]([O-])c1cccc2ccc(-c3nc(Cc4ccc(Br)cc4)no3)nc12. The van der Waals surface area contributed by atoms with Gasteiger partial charge in [-0.1, -0.05) is 51.4 Å². The molecule has 2 aromatic heterocycles. The molecule has 8 heteroatoms. The van der Waals surface area contributed by atoms with Gasteiger partial charge in [-0.05, 0) is 23.8 Å². The molecule has 2 heterocycles. The summed E-state index contributed by atoms with van der Waals surface area (Å²) < 4.78 is 6.29. The maximum absolute atomic E-state index is 11.2. The van der Waals surface area contributed by atoms with Gasteiger partial charge < -0.3 is 4.52 Å². The van der Waals surface area contributed by atoms with E-state index in [1.807, 2.05) is 24.3 Å². The highest BCUT2D eigenvalue weighted by Crippen LogP contribution is 2.26. The van der Waals surface area contributed by atoms with E-state index in [0.717, 1.165) is 10.0 Å². The Labute approximate surface area is 156 Å². The maximum atomic E-state index is 11.2. The summed E-state index contributed by atoms with van der Waals surface area (Å²) in [5.74, 6) is 0.754. The average Bonchev–Trinajstić information content (AvgIpc) is 3.11. The second kappa shape index (κ2) is 6.64. The molecule has 0 bridgehead atoms. The third kappa shape index (κ3) is 3.18. The average molecular weight is 411 g/mol. The van der Waals surface area contributed by atoms with Crippen molar-refractivity contribution in [3.8, 4) is 11.6 Å². The molecule has 2 aromatic carbocycles. The lowest BCUT2D eigenvalue weighted by atomic mass is 10.1. The first-order valence-corrected chi connectivity index (χ1v) is 8.51. The molecular formula is C18H11BrN4O3. The molecule has 128 valence electrons. The largest absolute Gasteiger partial charge is 0.332 e. The summed E-state index contributed by atoms with van der Waals surface area (Å²) in [7, 11) is 0. The van der Waals surface area contributed by atoms with Gasteiger partial charge in [0.15, 0.2) is 5.82 Å². The minimum Gasteiger partial charge on any atom is -0.332 e. The van der Waals surface area contributed by atoms with Crippen molar-refractivity contribution < 1.29 is 9.45 Å². The highest BCUT2D eigenvalue weighted by Gasteiger charge is 2.16. The minimum absolute atomic E-state index is 0.0565. The van der Waals surface area contributed by atoms with Crippen LogP contribution in [0.5, 0.6) is 0 Å². The van der Waals surface area contributed by atoms with Crippen LogP contribution in [-0.4, -0.2) is 20.0 Å². The Morgan fingerprint density at radius 1 is 1.04 bits per heavy atom. The lowest BCUT2D eigenvalue weighted by molar-refractivity contribution is -0.383. The highest BCUT2D eigenvalue weighted by atomic mass is 79.9. The normalized spacial score (nSPS) is 11.0. The maximum Gasteiger partial charge on any atom is 0.295 e. The van der Waals surface area contributed by atoms with E-state index in [1.165, 1.54) is 6.07 Å². The smallest absolute Gasteiger partial charge is 0.295 e. The molecule has 0 saturated carbocycles. The van der Waals surface area contributed by atoms with Crippen LogP contribution in [0.25, 0.3) is 22.5 Å². The van der Waals surface area contributed by atoms with Crippen molar-refractivity contribution in [1.29, 1.82) is 0 Å². The number of hydrogen-bond donors (Lipinski definition) is 0. The molecule has 0 fully saturated rings. The van der Waals surface area contributed by atoms with E-state index in [-0.39, 0.29) is 11.6 Å². The Morgan fingerprint density at radius 2 is 1.85 bits per heavy atom. The Balaban J connectivity index is 1.67. The van der Waals surface area contributed by atoms with Crippen molar-refractivity contribution in [3.05, 3.63) is 80.6 Å². The fraction of sp³-hybridized carbons (Fsp3) is 0.0556. The van der Waals surface area contributed by atoms with Gasteiger partial charge in [0.05, 0.1) is 4.92 Å². The van der Waals surface area contributed by atoms with Gasteiger partial charge in [-0.2, -0.15) is 4.98 Å². The van der Waals surface area contributed by atoms with Crippen LogP contribution in [0, 0.1) is 10.1 Å². The van der Waals surface area contributed by atoms with E-state index < -0.39 is 4.92 Å². The fourth-order valence-electron chi connectivity index (χ4n) is 2.61. The third-order valence-corrected chi connectivity index (χ3v) is 4.39. The van der Waals surface area contributed by atoms with Crippen LogP contribution < -0.4 is 0 Å². The first kappa shape index (κ1) is 16.3. The molecule has 0 spiro atoms. The van der Waals surface area contributed by atoms with Gasteiger partial charge in [-0.25, -0.2) is 4.98 Å². The number of rotatable bonds is 4. The van der Waals surface area contributed by atoms with Crippen molar-refractivity contribution in [3.63, 3.8) is 0 Å². The number of hydrogen-bond acceptors (Lipinski definition) is 6. The number of nitro groups is 1. The molecule has 0 saturated heterocycles. The summed E-state index contributed by atoms with van der Waals surface area (Å²) in [4.78, 5) is 19.5. The number of nitro benzene ring substituents is 1. The van der Waals surface area contributed by atoms with Gasteiger partial charge in [0.1, 0.15) is 11.2 Å². The Hall–Kier alpha value is -3.13. The van der Waals surface area contributed by atoms with Crippen LogP contribution in [0.3, 0.4) is 0 Å². The molecule has 4 rings (SSSR count). The first-order chi connectivity index (χ1) is 12.6. The van der Waals surface area contributed by atoms with Gasteiger partial charge >= 0.3 is 0 Å². The Morgan fingerprint density at radius 3 is 2.62 bits per heavy atom. The van der Waals surface area contributed by atoms with Crippen LogP contribution >= 0.6 is 15.9 Å². The zero-order valence-electron chi connectivity index (χ0n) is 13.3. The molecule has 0 unspecified atom stereocenters. The van der Waals surface area contributed by atoms with Crippen molar-refractivity contribution in [2.75, 3.05) is 0 Å². The summed E-state index contributed by atoms with van der Waals surface area (Å²) >= 11 is 3.40. The number of nitrogens with zero attached hydrogens (tertiary/aromatic N) is 4. The van der Waals surface area contributed by atoms with Crippen LogP contribution in [0.15, 0.2) is 63.6 Å². The molecule has 26 heavy (non-hydrogen) atoms. The van der Waals surface area contributed by atoms with Gasteiger partial charge in [0, 0.05) is 22.3 Å². The molecule has 0 radical (unpaired) electrons. The number of pyridine rings is 1. The second-order valence-corrected chi connectivity index (χ2v) is 6.54. The summed E-state index contributed by atoms with van der Waals surface area (Å²) in [6, 6.07) is 16.1. The Kier molecular flexibility index (Phi) is 4.18. The summed E-state index contributed by atoms with van der Waals surface area (Å²) in [6.45, 7) is 0. The molecule has 4 aromatic rings. The van der Waals surface area contributed by atoms with Gasteiger partial charge in [0.25, 0.3) is 11.6 Å². The zero-order valence-corrected chi connectivity index (χ0v) is 14.9. The predicted octanol–water partition coefficient (Wildman–Crippen LogP) is 4.55. The van der Waals surface area contributed by atoms with E-state index in [9.17, 15) is 10.1 Å². The number of benzene rings is 2. The van der Waals surface area contributed by atoms with Crippen LogP contribution in [0.2, 0.25) is 0 Å². The van der Waals surface area contributed by atoms with Crippen molar-refractivity contribution in [2.45, 2.75) is 6.42 Å². The molecule has 0 aliphatic rings. The highest BCUT2D eigenvalue weighted by molar-refractivity contribution is 9.10. The summed E-state index contributed by atoms with van der Waals surface area (Å²) in [6.07, 6.45) is 0.518. The van der Waals surface area contributed by atoms with Crippen LogP contribution in [-0.2, 0) is 6.42 Å². The monoisotopic (exact) mass is 410 g/mol. The van der Waals surface area contributed by atoms with Crippen molar-refractivity contribution >= 4 is 32.5 Å². The quantitative estimate of drug-likeness (QED) is 0.361. The van der Waals surface area contributed by atoms with Crippen molar-refractivity contribution in [1.82, 2.24) is 15.1 Å². The van der Waals surface area contributed by atoms with E-state index in [2.05, 4.69) is 31.1 Å². The number of halogens is 1. The van der Waals surface area contributed by atoms with E-state index in [0.29, 0.717) is 28.8 Å². The number of fused-ring (bicyclic) bond motifs is 1. The van der Waals surface area contributed by atoms with E-state index in [4.69, 9.17) is 4.52 Å². The minimum atomic E-state index is -0.452. The number of aromatic nitrogens is 3. The predicted molar refractivity (Wildman–Crippen MR) is 98.6 cm³/mol. The van der Waals surface area contributed by atoms with Gasteiger partial charge in [-0.3, -0.25) is 10.1 Å².